The Balaban J connectivity index is 2.20. The fourth-order valence-electron chi connectivity index (χ4n) is 2.64. The lowest BCUT2D eigenvalue weighted by Crippen LogP contribution is -2.37. The number of nitro benzene ring substituents is 1. The van der Waals surface area contributed by atoms with Crippen LogP contribution < -0.4 is 4.31 Å². The molecule has 7 nitrogen and oxygen atoms in total. The molecule has 0 saturated heterocycles. The number of hydrogen-bond donors (Lipinski definition) is 0. The van der Waals surface area contributed by atoms with Crippen molar-refractivity contribution in [2.75, 3.05) is 4.31 Å². The van der Waals surface area contributed by atoms with Crippen LogP contribution in [0.4, 0.5) is 11.4 Å². The summed E-state index contributed by atoms with van der Waals surface area (Å²) in [5.74, 6) is -0.995. The summed E-state index contributed by atoms with van der Waals surface area (Å²) in [4.78, 5) is 23.6. The summed E-state index contributed by atoms with van der Waals surface area (Å²) in [6, 6.07) is 17.0. The number of para-hydroxylation sites is 1. The van der Waals surface area contributed by atoms with Gasteiger partial charge in [0.05, 0.1) is 26.1 Å². The monoisotopic (exact) mass is 430 g/mol. The largest absolute Gasteiger partial charge is 0.274 e. The summed E-state index contributed by atoms with van der Waals surface area (Å²) in [6.45, 7) is 1.80. The zero-order valence-corrected chi connectivity index (χ0v) is 16.7. The number of carbonyl (C=O) groups excluding carboxylic acids is 1. The van der Waals surface area contributed by atoms with Crippen molar-refractivity contribution in [1.82, 2.24) is 0 Å². The molecule has 0 saturated carbocycles. The van der Waals surface area contributed by atoms with E-state index in [1.165, 1.54) is 30.3 Å². The first kappa shape index (κ1) is 20.5. The number of anilines is 1. The number of nitro groups is 1. The molecule has 9 heteroatoms. The highest BCUT2D eigenvalue weighted by Gasteiger charge is 2.33. The van der Waals surface area contributed by atoms with E-state index in [1.54, 1.807) is 37.3 Å². The van der Waals surface area contributed by atoms with Gasteiger partial charge in [-0.2, -0.15) is 4.31 Å². The minimum absolute atomic E-state index is 0.0839. The molecular weight excluding hydrogens is 416 g/mol. The molecule has 0 aliphatic rings. The van der Waals surface area contributed by atoms with Crippen LogP contribution in [0.5, 0.6) is 0 Å². The highest BCUT2D eigenvalue weighted by atomic mass is 35.5. The molecule has 0 heterocycles. The minimum atomic E-state index is -4.31. The number of nitrogens with zero attached hydrogens (tertiary/aromatic N) is 2. The number of rotatable bonds is 5. The number of aryl methyl sites for hydroxylation is 1. The van der Waals surface area contributed by atoms with E-state index in [0.29, 0.717) is 4.31 Å². The molecule has 0 spiro atoms. The van der Waals surface area contributed by atoms with Crippen LogP contribution >= 0.6 is 11.6 Å². The normalized spacial score (nSPS) is 11.1. The summed E-state index contributed by atoms with van der Waals surface area (Å²) >= 11 is 6.08. The van der Waals surface area contributed by atoms with Crippen molar-refractivity contribution in [3.05, 3.63) is 99.1 Å². The van der Waals surface area contributed by atoms with E-state index >= 15 is 0 Å². The topological polar surface area (TPSA) is 97.6 Å². The van der Waals surface area contributed by atoms with Gasteiger partial charge < -0.3 is 0 Å². The van der Waals surface area contributed by atoms with Crippen LogP contribution in [0, 0.1) is 17.0 Å². The second-order valence-electron chi connectivity index (χ2n) is 6.14. The predicted octanol–water partition coefficient (Wildman–Crippen LogP) is 4.59. The maximum atomic E-state index is 13.3. The molecule has 0 radical (unpaired) electrons. The quantitative estimate of drug-likeness (QED) is 0.435. The van der Waals surface area contributed by atoms with Crippen LogP contribution in [0.2, 0.25) is 5.02 Å². The molecule has 3 rings (SSSR count). The van der Waals surface area contributed by atoms with E-state index in [1.807, 2.05) is 0 Å². The molecule has 1 amide bonds. The van der Waals surface area contributed by atoms with Crippen molar-refractivity contribution in [1.29, 1.82) is 0 Å². The molecule has 0 N–H and O–H groups in total. The second kappa shape index (κ2) is 8.02. The smallest absolute Gasteiger partial charge is 0.268 e. The molecule has 3 aromatic rings. The third-order valence-corrected chi connectivity index (χ3v) is 6.18. The number of sulfonamides is 1. The van der Waals surface area contributed by atoms with E-state index in [9.17, 15) is 23.3 Å². The molecule has 0 atom stereocenters. The fraction of sp³-hybridized carbons (Fsp3) is 0.0500. The molecule has 0 aliphatic carbocycles. The molecule has 0 bridgehead atoms. The molecule has 148 valence electrons. The lowest BCUT2D eigenvalue weighted by atomic mass is 10.2. The molecule has 29 heavy (non-hydrogen) atoms. The van der Waals surface area contributed by atoms with Crippen LogP contribution in [0.1, 0.15) is 15.9 Å². The fourth-order valence-corrected chi connectivity index (χ4v) is 4.25. The number of benzene rings is 3. The van der Waals surface area contributed by atoms with Gasteiger partial charge in [0.1, 0.15) is 0 Å². The summed E-state index contributed by atoms with van der Waals surface area (Å²) in [6.07, 6.45) is 0. The lowest BCUT2D eigenvalue weighted by Gasteiger charge is -2.23. The van der Waals surface area contributed by atoms with Crippen LogP contribution in [0.25, 0.3) is 0 Å². The summed E-state index contributed by atoms with van der Waals surface area (Å²) in [7, 11) is -4.31. The van der Waals surface area contributed by atoms with Gasteiger partial charge in [0, 0.05) is 12.1 Å². The molecule has 3 aromatic carbocycles. The number of hydrogen-bond acceptors (Lipinski definition) is 5. The Hall–Kier alpha value is -3.23. The Bertz CT molecular complexity index is 1180. The molecule has 0 aromatic heterocycles. The Morgan fingerprint density at radius 2 is 1.62 bits per heavy atom. The summed E-state index contributed by atoms with van der Waals surface area (Å²) in [5, 5.41) is 11.0. The third kappa shape index (κ3) is 4.13. The Labute approximate surface area is 172 Å². The Kier molecular flexibility index (Phi) is 5.67. The van der Waals surface area contributed by atoms with Crippen molar-refractivity contribution in [3.8, 4) is 0 Å². The van der Waals surface area contributed by atoms with Gasteiger partial charge in [-0.1, -0.05) is 47.5 Å². The van der Waals surface area contributed by atoms with E-state index in [4.69, 9.17) is 11.6 Å². The highest BCUT2D eigenvalue weighted by molar-refractivity contribution is 7.93. The van der Waals surface area contributed by atoms with Crippen molar-refractivity contribution in [2.45, 2.75) is 11.8 Å². The average molecular weight is 431 g/mol. The molecule has 0 unspecified atom stereocenters. The number of non-ortho nitro benzene ring substituents is 1. The first-order valence-corrected chi connectivity index (χ1v) is 10.2. The van der Waals surface area contributed by atoms with Crippen LogP contribution in [-0.4, -0.2) is 19.2 Å². The van der Waals surface area contributed by atoms with E-state index in [-0.39, 0.29) is 26.9 Å². The molecular formula is C20H15ClN2O5S. The number of amides is 1. The first-order valence-electron chi connectivity index (χ1n) is 8.37. The van der Waals surface area contributed by atoms with Crippen molar-refractivity contribution in [3.63, 3.8) is 0 Å². The predicted molar refractivity (Wildman–Crippen MR) is 110 cm³/mol. The van der Waals surface area contributed by atoms with Crippen LogP contribution in [0.15, 0.2) is 77.7 Å². The van der Waals surface area contributed by atoms with E-state index < -0.39 is 20.9 Å². The highest BCUT2D eigenvalue weighted by Crippen LogP contribution is 2.30. The van der Waals surface area contributed by atoms with Crippen molar-refractivity contribution in [2.24, 2.45) is 0 Å². The van der Waals surface area contributed by atoms with E-state index in [0.717, 1.165) is 17.7 Å². The SMILES string of the molecule is Cc1ccc(S(=O)(=O)N(C(=O)c2cc([N+](=O)[O-])ccc2Cl)c2ccccc2)cc1. The van der Waals surface area contributed by atoms with Gasteiger partial charge in [-0.3, -0.25) is 14.9 Å². The van der Waals surface area contributed by atoms with Crippen molar-refractivity contribution >= 4 is 38.9 Å². The summed E-state index contributed by atoms with van der Waals surface area (Å²) < 4.78 is 27.2. The second-order valence-corrected chi connectivity index (χ2v) is 8.34. The number of halogens is 1. The van der Waals surface area contributed by atoms with Gasteiger partial charge in [0.15, 0.2) is 0 Å². The minimum Gasteiger partial charge on any atom is -0.268 e. The maximum Gasteiger partial charge on any atom is 0.274 e. The maximum absolute atomic E-state index is 13.3. The Morgan fingerprint density at radius 1 is 1.00 bits per heavy atom. The van der Waals surface area contributed by atoms with Gasteiger partial charge in [0.2, 0.25) is 0 Å². The number of carbonyl (C=O) groups is 1. The average Bonchev–Trinajstić information content (AvgIpc) is 2.69. The molecule has 0 fully saturated rings. The zero-order valence-electron chi connectivity index (χ0n) is 15.2. The van der Waals surface area contributed by atoms with Crippen LogP contribution in [0.3, 0.4) is 0 Å². The van der Waals surface area contributed by atoms with Gasteiger partial charge in [-0.15, -0.1) is 0 Å². The van der Waals surface area contributed by atoms with Gasteiger partial charge in [-0.25, -0.2) is 8.42 Å². The molecule has 0 aliphatic heterocycles. The zero-order chi connectivity index (χ0) is 21.2. The lowest BCUT2D eigenvalue weighted by molar-refractivity contribution is -0.384. The van der Waals surface area contributed by atoms with Gasteiger partial charge >= 0.3 is 0 Å². The third-order valence-electron chi connectivity index (χ3n) is 4.13. The Morgan fingerprint density at radius 3 is 2.21 bits per heavy atom. The standard InChI is InChI=1S/C20H15ClN2O5S/c1-14-7-10-17(11-8-14)29(27,28)22(15-5-3-2-4-6-15)20(24)18-13-16(23(25)26)9-12-19(18)21/h2-13H,1H3. The van der Waals surface area contributed by atoms with Gasteiger partial charge in [-0.05, 0) is 37.3 Å². The summed E-state index contributed by atoms with van der Waals surface area (Å²) in [5.41, 5.74) is 0.266. The van der Waals surface area contributed by atoms with Gasteiger partial charge in [0.25, 0.3) is 21.6 Å². The first-order chi connectivity index (χ1) is 13.7. The van der Waals surface area contributed by atoms with E-state index in [2.05, 4.69) is 0 Å². The van der Waals surface area contributed by atoms with Crippen LogP contribution in [-0.2, 0) is 10.0 Å². The van der Waals surface area contributed by atoms with Crippen molar-refractivity contribution < 1.29 is 18.1 Å².